The molecule has 0 bridgehead atoms. The number of ketones is 2. The molecule has 3 N–H and O–H groups in total. The molecule has 3 rings (SSSR count). The molecule has 1 fully saturated rings. The minimum absolute atomic E-state index is 0.147. The Bertz CT molecular complexity index is 629. The number of nitrogens with one attached hydrogen (secondary N) is 1. The maximum atomic E-state index is 12.2. The summed E-state index contributed by atoms with van der Waals surface area (Å²) < 4.78 is 0. The fraction of sp³-hybridized carbons (Fsp3) is 0.444. The summed E-state index contributed by atoms with van der Waals surface area (Å²) in [5.74, 6) is 0.488. The van der Waals surface area contributed by atoms with Gasteiger partial charge in [0.25, 0.3) is 0 Å². The molecule has 0 heterocycles. The summed E-state index contributed by atoms with van der Waals surface area (Å²) in [6.45, 7) is 2.24. The third kappa shape index (κ3) is 2.65. The van der Waals surface area contributed by atoms with Crippen molar-refractivity contribution in [3.05, 3.63) is 46.8 Å². The first kappa shape index (κ1) is 14.8. The Labute approximate surface area is 130 Å². The molecular weight excluding hydrogens is 276 g/mol. The van der Waals surface area contributed by atoms with Crippen molar-refractivity contribution < 1.29 is 9.59 Å². The van der Waals surface area contributed by atoms with Gasteiger partial charge in [-0.25, -0.2) is 0 Å². The van der Waals surface area contributed by atoms with Gasteiger partial charge >= 0.3 is 0 Å². The number of hydrogen-bond donors (Lipinski definition) is 2. The maximum Gasteiger partial charge on any atom is 0.188 e. The third-order valence-corrected chi connectivity index (χ3v) is 4.90. The molecule has 116 valence electrons. The van der Waals surface area contributed by atoms with Gasteiger partial charge < -0.3 is 11.1 Å². The Kier molecular flexibility index (Phi) is 4.01. The van der Waals surface area contributed by atoms with Gasteiger partial charge in [0.05, 0.1) is 11.1 Å². The molecular formula is C18H22N2O2. The summed E-state index contributed by atoms with van der Waals surface area (Å²) in [6.07, 6.45) is 12.1. The van der Waals surface area contributed by atoms with E-state index in [1.165, 1.54) is 37.5 Å². The summed E-state index contributed by atoms with van der Waals surface area (Å²) >= 11 is 0. The van der Waals surface area contributed by atoms with Crippen LogP contribution in [0.15, 0.2) is 46.8 Å². The first-order valence-electron chi connectivity index (χ1n) is 8.06. The number of nitrogens with two attached hydrogens (primary N) is 1. The van der Waals surface area contributed by atoms with Gasteiger partial charge in [-0.3, -0.25) is 9.59 Å². The molecule has 0 aromatic heterocycles. The predicted molar refractivity (Wildman–Crippen MR) is 85.7 cm³/mol. The van der Waals surface area contributed by atoms with Crippen molar-refractivity contribution in [1.82, 2.24) is 5.32 Å². The van der Waals surface area contributed by atoms with E-state index in [0.717, 1.165) is 24.5 Å². The molecule has 0 amide bonds. The van der Waals surface area contributed by atoms with E-state index in [2.05, 4.69) is 12.2 Å². The molecule has 0 aliphatic heterocycles. The van der Waals surface area contributed by atoms with Gasteiger partial charge in [-0.05, 0) is 55.9 Å². The van der Waals surface area contributed by atoms with E-state index in [9.17, 15) is 9.59 Å². The third-order valence-electron chi connectivity index (χ3n) is 4.90. The van der Waals surface area contributed by atoms with E-state index in [0.29, 0.717) is 22.9 Å². The summed E-state index contributed by atoms with van der Waals surface area (Å²) in [7, 11) is 0. The molecule has 0 saturated heterocycles. The zero-order valence-corrected chi connectivity index (χ0v) is 12.9. The van der Waals surface area contributed by atoms with Crippen LogP contribution in [0.2, 0.25) is 0 Å². The van der Waals surface area contributed by atoms with E-state index in [1.54, 1.807) is 6.08 Å². The van der Waals surface area contributed by atoms with Gasteiger partial charge in [0.15, 0.2) is 11.6 Å². The lowest BCUT2D eigenvalue weighted by molar-refractivity contribution is -0.114. The highest BCUT2D eigenvalue weighted by Crippen LogP contribution is 2.31. The van der Waals surface area contributed by atoms with Crippen LogP contribution in [-0.2, 0) is 9.59 Å². The number of hydrogen-bond acceptors (Lipinski definition) is 4. The summed E-state index contributed by atoms with van der Waals surface area (Å²) in [4.78, 5) is 24.2. The van der Waals surface area contributed by atoms with Crippen molar-refractivity contribution in [2.24, 2.45) is 11.7 Å². The van der Waals surface area contributed by atoms with Crippen LogP contribution in [0.5, 0.6) is 0 Å². The molecule has 0 spiro atoms. The van der Waals surface area contributed by atoms with Gasteiger partial charge in [0, 0.05) is 17.4 Å². The van der Waals surface area contributed by atoms with E-state index >= 15 is 0 Å². The quantitative estimate of drug-likeness (QED) is 0.838. The van der Waals surface area contributed by atoms with Crippen LogP contribution in [0.4, 0.5) is 0 Å². The van der Waals surface area contributed by atoms with Crippen molar-refractivity contribution >= 4 is 11.6 Å². The number of carbonyl (C=O) groups is 2. The molecule has 0 unspecified atom stereocenters. The Morgan fingerprint density at radius 3 is 2.32 bits per heavy atom. The first-order valence-corrected chi connectivity index (χ1v) is 8.06. The predicted octanol–water partition coefficient (Wildman–Crippen LogP) is 2.29. The molecule has 3 aliphatic carbocycles. The number of carbonyl (C=O) groups excluding carboxylic acids is 2. The van der Waals surface area contributed by atoms with Gasteiger partial charge in [0.1, 0.15) is 0 Å². The summed E-state index contributed by atoms with van der Waals surface area (Å²) in [5.41, 5.74) is 7.80. The fourth-order valence-corrected chi connectivity index (χ4v) is 3.51. The molecule has 4 nitrogen and oxygen atoms in total. The van der Waals surface area contributed by atoms with Crippen molar-refractivity contribution in [2.75, 3.05) is 0 Å². The molecule has 0 aromatic rings. The molecule has 0 radical (unpaired) electrons. The lowest BCUT2D eigenvalue weighted by atomic mass is 9.83. The van der Waals surface area contributed by atoms with Gasteiger partial charge in [-0.1, -0.05) is 13.3 Å². The normalized spacial score (nSPS) is 28.2. The smallest absolute Gasteiger partial charge is 0.188 e. The Balaban J connectivity index is 1.84. The second kappa shape index (κ2) is 5.95. The van der Waals surface area contributed by atoms with Crippen molar-refractivity contribution in [1.29, 1.82) is 0 Å². The second-order valence-electron chi connectivity index (χ2n) is 6.28. The lowest BCUT2D eigenvalue weighted by Crippen LogP contribution is -2.35. The van der Waals surface area contributed by atoms with Gasteiger partial charge in [-0.2, -0.15) is 0 Å². The van der Waals surface area contributed by atoms with E-state index in [-0.39, 0.29) is 11.6 Å². The fourth-order valence-electron chi connectivity index (χ4n) is 3.51. The molecule has 4 heteroatoms. The minimum Gasteiger partial charge on any atom is -0.398 e. The van der Waals surface area contributed by atoms with Crippen molar-refractivity contribution in [3.8, 4) is 0 Å². The zero-order valence-electron chi connectivity index (χ0n) is 12.9. The van der Waals surface area contributed by atoms with Crippen LogP contribution in [0.3, 0.4) is 0 Å². The monoisotopic (exact) mass is 298 g/mol. The van der Waals surface area contributed by atoms with E-state index in [4.69, 9.17) is 5.73 Å². The SMILES string of the molecule is CC[C@H]1CC[C@H](NC2=C3C(=O)C=CC(N)=C3C(=O)C=C2)CC1. The number of fused-ring (bicyclic) bond motifs is 1. The molecule has 1 saturated carbocycles. The molecule has 3 aliphatic rings. The molecule has 0 atom stereocenters. The van der Waals surface area contributed by atoms with Crippen LogP contribution < -0.4 is 11.1 Å². The highest BCUT2D eigenvalue weighted by molar-refractivity contribution is 6.23. The number of rotatable bonds is 3. The Hall–Kier alpha value is -2.10. The molecule has 22 heavy (non-hydrogen) atoms. The summed E-state index contributed by atoms with van der Waals surface area (Å²) in [5, 5.41) is 3.47. The van der Waals surface area contributed by atoms with Crippen molar-refractivity contribution in [3.63, 3.8) is 0 Å². The largest absolute Gasteiger partial charge is 0.398 e. The van der Waals surface area contributed by atoms with Crippen LogP contribution in [0.1, 0.15) is 39.0 Å². The first-order chi connectivity index (χ1) is 10.6. The van der Waals surface area contributed by atoms with E-state index in [1.807, 2.05) is 0 Å². The summed E-state index contributed by atoms with van der Waals surface area (Å²) in [6, 6.07) is 0.365. The van der Waals surface area contributed by atoms with Gasteiger partial charge in [0.2, 0.25) is 0 Å². The second-order valence-corrected chi connectivity index (χ2v) is 6.28. The topological polar surface area (TPSA) is 72.2 Å². The molecule has 0 aromatic carbocycles. The standard InChI is InChI=1S/C18H22N2O2/c1-2-11-3-5-12(6-4-11)20-14-8-10-15(21)17-13(19)7-9-16(22)18(14)17/h7-12,20H,2-6,19H2,1H3/t11-,12-. The van der Waals surface area contributed by atoms with Crippen LogP contribution in [0, 0.1) is 5.92 Å². The lowest BCUT2D eigenvalue weighted by Gasteiger charge is -2.31. The highest BCUT2D eigenvalue weighted by atomic mass is 16.1. The Morgan fingerprint density at radius 2 is 1.64 bits per heavy atom. The van der Waals surface area contributed by atoms with E-state index < -0.39 is 0 Å². The maximum absolute atomic E-state index is 12.2. The minimum atomic E-state index is -0.189. The average Bonchev–Trinajstić information content (AvgIpc) is 2.53. The van der Waals surface area contributed by atoms with Gasteiger partial charge in [-0.15, -0.1) is 0 Å². The Morgan fingerprint density at radius 1 is 1.00 bits per heavy atom. The van der Waals surface area contributed by atoms with Crippen LogP contribution in [-0.4, -0.2) is 17.6 Å². The number of allylic oxidation sites excluding steroid dienone is 6. The van der Waals surface area contributed by atoms with Crippen LogP contribution >= 0.6 is 0 Å². The average molecular weight is 298 g/mol. The van der Waals surface area contributed by atoms with Crippen molar-refractivity contribution in [2.45, 2.75) is 45.1 Å². The van der Waals surface area contributed by atoms with Crippen LogP contribution in [0.25, 0.3) is 0 Å². The highest BCUT2D eigenvalue weighted by Gasteiger charge is 2.30. The zero-order chi connectivity index (χ0) is 15.7.